The van der Waals surface area contributed by atoms with E-state index in [0.717, 1.165) is 28.7 Å². The Labute approximate surface area is 153 Å². The number of nitrogens with zero attached hydrogens (tertiary/aromatic N) is 1. The van der Waals surface area contributed by atoms with Gasteiger partial charge in [0, 0.05) is 17.7 Å². The van der Waals surface area contributed by atoms with Crippen LogP contribution < -0.4 is 9.47 Å². The first-order valence-corrected chi connectivity index (χ1v) is 9.31. The zero-order valence-corrected chi connectivity index (χ0v) is 15.0. The third-order valence-electron chi connectivity index (χ3n) is 3.71. The van der Waals surface area contributed by atoms with Crippen LogP contribution in [0.2, 0.25) is 0 Å². The van der Waals surface area contributed by atoms with Gasteiger partial charge in [-0.05, 0) is 47.5 Å². The summed E-state index contributed by atoms with van der Waals surface area (Å²) >= 11 is 1.89. The molecule has 1 aromatic heterocycles. The number of hydrogen-bond acceptors (Lipinski definition) is 4. The first-order chi connectivity index (χ1) is 12.3. The molecule has 0 fully saturated rings. The van der Waals surface area contributed by atoms with Crippen molar-refractivity contribution in [3.05, 3.63) is 89.7 Å². The van der Waals surface area contributed by atoms with Crippen LogP contribution in [0.25, 0.3) is 0 Å². The van der Waals surface area contributed by atoms with Gasteiger partial charge in [0.05, 0.1) is 12.8 Å². The molecule has 128 valence electrons. The van der Waals surface area contributed by atoms with E-state index in [1.165, 1.54) is 11.1 Å². The van der Waals surface area contributed by atoms with E-state index in [4.69, 9.17) is 9.47 Å². The SMILES string of the molecule is COc1cccc(CSCc2ccc(OCc3ccccn3)cc2)c1. The normalized spacial score (nSPS) is 10.4. The second-order valence-electron chi connectivity index (χ2n) is 5.60. The van der Waals surface area contributed by atoms with Crippen molar-refractivity contribution in [2.24, 2.45) is 0 Å². The maximum Gasteiger partial charge on any atom is 0.130 e. The molecule has 1 heterocycles. The van der Waals surface area contributed by atoms with E-state index in [1.54, 1.807) is 13.3 Å². The van der Waals surface area contributed by atoms with Gasteiger partial charge in [0.1, 0.15) is 18.1 Å². The summed E-state index contributed by atoms with van der Waals surface area (Å²) in [5, 5.41) is 0. The van der Waals surface area contributed by atoms with Crippen LogP contribution in [0.1, 0.15) is 16.8 Å². The minimum Gasteiger partial charge on any atom is -0.497 e. The van der Waals surface area contributed by atoms with E-state index in [-0.39, 0.29) is 0 Å². The van der Waals surface area contributed by atoms with E-state index in [0.29, 0.717) is 6.61 Å². The highest BCUT2D eigenvalue weighted by molar-refractivity contribution is 7.97. The maximum atomic E-state index is 5.76. The van der Waals surface area contributed by atoms with Crippen LogP contribution in [-0.2, 0) is 18.1 Å². The third kappa shape index (κ3) is 5.54. The molecule has 3 rings (SSSR count). The summed E-state index contributed by atoms with van der Waals surface area (Å²) in [4.78, 5) is 4.26. The fraction of sp³-hybridized carbons (Fsp3) is 0.190. The van der Waals surface area contributed by atoms with Crippen molar-refractivity contribution in [2.75, 3.05) is 7.11 Å². The monoisotopic (exact) mass is 351 g/mol. The van der Waals surface area contributed by atoms with E-state index in [1.807, 2.05) is 54.2 Å². The molecule has 0 aliphatic heterocycles. The molecule has 3 aromatic rings. The van der Waals surface area contributed by atoms with Crippen LogP contribution in [-0.4, -0.2) is 12.1 Å². The van der Waals surface area contributed by atoms with Gasteiger partial charge < -0.3 is 9.47 Å². The van der Waals surface area contributed by atoms with Crippen molar-refractivity contribution >= 4 is 11.8 Å². The fourth-order valence-corrected chi connectivity index (χ4v) is 3.32. The lowest BCUT2D eigenvalue weighted by atomic mass is 10.2. The average Bonchev–Trinajstić information content (AvgIpc) is 2.68. The molecular weight excluding hydrogens is 330 g/mol. The molecule has 0 spiro atoms. The molecule has 0 unspecified atom stereocenters. The van der Waals surface area contributed by atoms with E-state index in [2.05, 4.69) is 29.2 Å². The Morgan fingerprint density at radius 3 is 2.44 bits per heavy atom. The van der Waals surface area contributed by atoms with Gasteiger partial charge in [0.15, 0.2) is 0 Å². The van der Waals surface area contributed by atoms with Gasteiger partial charge in [0.25, 0.3) is 0 Å². The Morgan fingerprint density at radius 2 is 1.68 bits per heavy atom. The largest absolute Gasteiger partial charge is 0.497 e. The third-order valence-corrected chi connectivity index (χ3v) is 4.78. The van der Waals surface area contributed by atoms with Gasteiger partial charge in [-0.1, -0.05) is 30.3 Å². The molecule has 0 bridgehead atoms. The highest BCUT2D eigenvalue weighted by Crippen LogP contribution is 2.22. The number of benzene rings is 2. The summed E-state index contributed by atoms with van der Waals surface area (Å²) in [7, 11) is 1.70. The molecule has 25 heavy (non-hydrogen) atoms. The second kappa shape index (κ2) is 9.14. The van der Waals surface area contributed by atoms with Crippen molar-refractivity contribution in [3.8, 4) is 11.5 Å². The van der Waals surface area contributed by atoms with E-state index in [9.17, 15) is 0 Å². The van der Waals surface area contributed by atoms with E-state index >= 15 is 0 Å². The lowest BCUT2D eigenvalue weighted by molar-refractivity contribution is 0.301. The molecule has 0 atom stereocenters. The molecule has 3 nitrogen and oxygen atoms in total. The number of pyridine rings is 1. The van der Waals surface area contributed by atoms with Gasteiger partial charge in [-0.15, -0.1) is 0 Å². The van der Waals surface area contributed by atoms with Crippen LogP contribution in [0.3, 0.4) is 0 Å². The highest BCUT2D eigenvalue weighted by Gasteiger charge is 2.00. The first-order valence-electron chi connectivity index (χ1n) is 8.16. The van der Waals surface area contributed by atoms with Crippen LogP contribution in [0.4, 0.5) is 0 Å². The molecule has 2 aromatic carbocycles. The lowest BCUT2D eigenvalue weighted by Crippen LogP contribution is -1.97. The molecule has 0 aliphatic carbocycles. The van der Waals surface area contributed by atoms with Crippen LogP contribution >= 0.6 is 11.8 Å². The summed E-state index contributed by atoms with van der Waals surface area (Å²) in [6, 6.07) is 22.3. The van der Waals surface area contributed by atoms with Crippen molar-refractivity contribution in [1.82, 2.24) is 4.98 Å². The lowest BCUT2D eigenvalue weighted by Gasteiger charge is -2.07. The second-order valence-corrected chi connectivity index (χ2v) is 6.58. The Kier molecular flexibility index (Phi) is 6.35. The fourth-order valence-electron chi connectivity index (χ4n) is 2.37. The summed E-state index contributed by atoms with van der Waals surface area (Å²) in [6.45, 7) is 0.491. The summed E-state index contributed by atoms with van der Waals surface area (Å²) in [6.07, 6.45) is 1.78. The predicted molar refractivity (Wildman–Crippen MR) is 103 cm³/mol. The minimum atomic E-state index is 0.491. The standard InChI is InChI=1S/C21H21NO2S/c1-23-21-7-4-5-18(13-21)16-25-15-17-8-10-20(11-9-17)24-14-19-6-2-3-12-22-19/h2-13H,14-16H2,1H3. The average molecular weight is 351 g/mol. The van der Waals surface area contributed by atoms with Gasteiger partial charge in [-0.3, -0.25) is 4.98 Å². The summed E-state index contributed by atoms with van der Waals surface area (Å²) in [5.41, 5.74) is 3.50. The van der Waals surface area contributed by atoms with Gasteiger partial charge in [-0.25, -0.2) is 0 Å². The van der Waals surface area contributed by atoms with Crippen molar-refractivity contribution in [2.45, 2.75) is 18.1 Å². The molecule has 4 heteroatoms. The zero-order chi connectivity index (χ0) is 17.3. The topological polar surface area (TPSA) is 31.4 Å². The van der Waals surface area contributed by atoms with Crippen molar-refractivity contribution in [1.29, 1.82) is 0 Å². The number of aromatic nitrogens is 1. The Morgan fingerprint density at radius 1 is 0.840 bits per heavy atom. The molecule has 0 amide bonds. The van der Waals surface area contributed by atoms with Gasteiger partial charge in [-0.2, -0.15) is 11.8 Å². The Bertz CT molecular complexity index is 775. The van der Waals surface area contributed by atoms with Crippen molar-refractivity contribution < 1.29 is 9.47 Å². The predicted octanol–water partition coefficient (Wildman–Crippen LogP) is 5.10. The zero-order valence-electron chi connectivity index (χ0n) is 14.2. The van der Waals surface area contributed by atoms with Crippen LogP contribution in [0, 0.1) is 0 Å². The highest BCUT2D eigenvalue weighted by atomic mass is 32.2. The van der Waals surface area contributed by atoms with Gasteiger partial charge >= 0.3 is 0 Å². The van der Waals surface area contributed by atoms with Gasteiger partial charge in [0.2, 0.25) is 0 Å². The molecule has 0 N–H and O–H groups in total. The quantitative estimate of drug-likeness (QED) is 0.565. The minimum absolute atomic E-state index is 0.491. The summed E-state index contributed by atoms with van der Waals surface area (Å²) in [5.74, 6) is 3.71. The molecule has 0 saturated heterocycles. The number of hydrogen-bond donors (Lipinski definition) is 0. The maximum absolute atomic E-state index is 5.76. The molecule has 0 radical (unpaired) electrons. The first kappa shape index (κ1) is 17.4. The smallest absolute Gasteiger partial charge is 0.130 e. The Balaban J connectivity index is 1.45. The molecular formula is C21H21NO2S. The molecule has 0 aliphatic rings. The number of ether oxygens (including phenoxy) is 2. The number of rotatable bonds is 8. The van der Waals surface area contributed by atoms with Crippen molar-refractivity contribution in [3.63, 3.8) is 0 Å². The summed E-state index contributed by atoms with van der Waals surface area (Å²) < 4.78 is 11.0. The van der Waals surface area contributed by atoms with Crippen LogP contribution in [0.15, 0.2) is 72.9 Å². The number of methoxy groups -OCH3 is 1. The van der Waals surface area contributed by atoms with E-state index < -0.39 is 0 Å². The van der Waals surface area contributed by atoms with Crippen LogP contribution in [0.5, 0.6) is 11.5 Å². The Hall–Kier alpha value is -2.46. The molecule has 0 saturated carbocycles. The number of thioether (sulfide) groups is 1.